The standard InChI is InChI=1S/C17H22N4/c1-17(2,3)18-10-15-8-9-16(20-19-15)21-11-13-6-4-5-7-14(13)12-21/h4-9,18H,10-12H2,1-3H3. The Morgan fingerprint density at radius 1 is 1.00 bits per heavy atom. The fourth-order valence-corrected chi connectivity index (χ4v) is 2.47. The highest BCUT2D eigenvalue weighted by molar-refractivity contribution is 5.46. The molecular weight excluding hydrogens is 260 g/mol. The van der Waals surface area contributed by atoms with E-state index in [2.05, 4.69) is 77.6 Å². The first-order valence-corrected chi connectivity index (χ1v) is 7.41. The monoisotopic (exact) mass is 282 g/mol. The summed E-state index contributed by atoms with van der Waals surface area (Å²) < 4.78 is 0. The van der Waals surface area contributed by atoms with Crippen molar-refractivity contribution in [2.75, 3.05) is 4.90 Å². The molecule has 0 saturated heterocycles. The van der Waals surface area contributed by atoms with Gasteiger partial charge in [0.05, 0.1) is 5.69 Å². The van der Waals surface area contributed by atoms with Crippen LogP contribution in [0.3, 0.4) is 0 Å². The smallest absolute Gasteiger partial charge is 0.151 e. The molecule has 0 amide bonds. The summed E-state index contributed by atoms with van der Waals surface area (Å²) in [5.74, 6) is 0.950. The Bertz CT molecular complexity index is 588. The van der Waals surface area contributed by atoms with E-state index in [1.165, 1.54) is 11.1 Å². The molecular formula is C17H22N4. The van der Waals surface area contributed by atoms with Crippen LogP contribution in [0.25, 0.3) is 0 Å². The van der Waals surface area contributed by atoms with Crippen LogP contribution < -0.4 is 10.2 Å². The second-order valence-corrected chi connectivity index (χ2v) is 6.61. The fourth-order valence-electron chi connectivity index (χ4n) is 2.47. The summed E-state index contributed by atoms with van der Waals surface area (Å²) in [6, 6.07) is 12.7. The van der Waals surface area contributed by atoms with Gasteiger partial charge in [0.1, 0.15) is 0 Å². The van der Waals surface area contributed by atoms with E-state index >= 15 is 0 Å². The molecule has 0 saturated carbocycles. The number of rotatable bonds is 3. The van der Waals surface area contributed by atoms with E-state index in [1.807, 2.05) is 0 Å². The third-order valence-electron chi connectivity index (χ3n) is 3.67. The van der Waals surface area contributed by atoms with Crippen LogP contribution in [-0.2, 0) is 19.6 Å². The maximum absolute atomic E-state index is 4.38. The highest BCUT2D eigenvalue weighted by Gasteiger charge is 2.19. The van der Waals surface area contributed by atoms with Gasteiger partial charge in [0.15, 0.2) is 5.82 Å². The number of aromatic nitrogens is 2. The third kappa shape index (κ3) is 3.39. The number of benzene rings is 1. The number of anilines is 1. The van der Waals surface area contributed by atoms with Crippen LogP contribution in [0.15, 0.2) is 36.4 Å². The van der Waals surface area contributed by atoms with Gasteiger partial charge >= 0.3 is 0 Å². The molecule has 0 bridgehead atoms. The van der Waals surface area contributed by atoms with Crippen molar-refractivity contribution in [3.8, 4) is 0 Å². The van der Waals surface area contributed by atoms with Gasteiger partial charge in [-0.2, -0.15) is 5.10 Å². The molecule has 1 aliphatic heterocycles. The molecule has 0 unspecified atom stereocenters. The molecule has 0 atom stereocenters. The van der Waals surface area contributed by atoms with Gasteiger partial charge in [-0.15, -0.1) is 5.10 Å². The number of nitrogens with zero attached hydrogens (tertiary/aromatic N) is 3. The number of hydrogen-bond acceptors (Lipinski definition) is 4. The Balaban J connectivity index is 1.66. The summed E-state index contributed by atoms with van der Waals surface area (Å²) in [5, 5.41) is 12.1. The average Bonchev–Trinajstić information content (AvgIpc) is 2.89. The summed E-state index contributed by atoms with van der Waals surface area (Å²) in [5.41, 5.74) is 3.85. The van der Waals surface area contributed by atoms with Crippen LogP contribution in [0.4, 0.5) is 5.82 Å². The number of fused-ring (bicyclic) bond motifs is 1. The van der Waals surface area contributed by atoms with Crippen molar-refractivity contribution in [3.05, 3.63) is 53.2 Å². The first kappa shape index (κ1) is 14.0. The van der Waals surface area contributed by atoms with E-state index in [4.69, 9.17) is 0 Å². The zero-order valence-electron chi connectivity index (χ0n) is 12.9. The summed E-state index contributed by atoms with van der Waals surface area (Å²) in [4.78, 5) is 2.26. The molecule has 2 heterocycles. The molecule has 4 nitrogen and oxygen atoms in total. The summed E-state index contributed by atoms with van der Waals surface area (Å²) in [6.45, 7) is 9.04. The molecule has 2 aromatic rings. The van der Waals surface area contributed by atoms with Crippen molar-refractivity contribution in [2.24, 2.45) is 0 Å². The molecule has 1 aromatic carbocycles. The molecule has 1 aliphatic rings. The largest absolute Gasteiger partial charge is 0.346 e. The van der Waals surface area contributed by atoms with Gasteiger partial charge in [0.25, 0.3) is 0 Å². The minimum Gasteiger partial charge on any atom is -0.346 e. The SMILES string of the molecule is CC(C)(C)NCc1ccc(N2Cc3ccccc3C2)nn1. The minimum absolute atomic E-state index is 0.0942. The van der Waals surface area contributed by atoms with E-state index in [9.17, 15) is 0 Å². The van der Waals surface area contributed by atoms with Gasteiger partial charge < -0.3 is 10.2 Å². The van der Waals surface area contributed by atoms with Gasteiger partial charge in [0.2, 0.25) is 0 Å². The van der Waals surface area contributed by atoms with E-state index in [-0.39, 0.29) is 5.54 Å². The lowest BCUT2D eigenvalue weighted by molar-refractivity contribution is 0.420. The Hall–Kier alpha value is -1.94. The second kappa shape index (κ2) is 5.45. The molecule has 0 radical (unpaired) electrons. The van der Waals surface area contributed by atoms with Crippen LogP contribution in [0.2, 0.25) is 0 Å². The predicted octanol–water partition coefficient (Wildman–Crippen LogP) is 2.88. The van der Waals surface area contributed by atoms with Crippen molar-refractivity contribution in [2.45, 2.75) is 45.9 Å². The highest BCUT2D eigenvalue weighted by Crippen LogP contribution is 2.26. The fraction of sp³-hybridized carbons (Fsp3) is 0.412. The lowest BCUT2D eigenvalue weighted by Gasteiger charge is -2.20. The second-order valence-electron chi connectivity index (χ2n) is 6.61. The number of nitrogens with one attached hydrogen (secondary N) is 1. The van der Waals surface area contributed by atoms with E-state index in [0.717, 1.165) is 31.1 Å². The normalized spacial score (nSPS) is 14.3. The van der Waals surface area contributed by atoms with E-state index in [0.29, 0.717) is 0 Å². The van der Waals surface area contributed by atoms with Crippen molar-refractivity contribution in [3.63, 3.8) is 0 Å². The van der Waals surface area contributed by atoms with Gasteiger partial charge in [-0.1, -0.05) is 24.3 Å². The molecule has 1 N–H and O–H groups in total. The molecule has 110 valence electrons. The van der Waals surface area contributed by atoms with Crippen LogP contribution in [-0.4, -0.2) is 15.7 Å². The zero-order chi connectivity index (χ0) is 14.9. The topological polar surface area (TPSA) is 41.0 Å². The molecule has 1 aromatic heterocycles. The minimum atomic E-state index is 0.0942. The van der Waals surface area contributed by atoms with Crippen LogP contribution in [0.1, 0.15) is 37.6 Å². The summed E-state index contributed by atoms with van der Waals surface area (Å²) in [6.07, 6.45) is 0. The van der Waals surface area contributed by atoms with Gasteiger partial charge in [-0.05, 0) is 44.0 Å². The van der Waals surface area contributed by atoms with Crippen LogP contribution in [0.5, 0.6) is 0 Å². The maximum atomic E-state index is 4.38. The van der Waals surface area contributed by atoms with Crippen LogP contribution >= 0.6 is 0 Å². The Labute approximate surface area is 126 Å². The Morgan fingerprint density at radius 3 is 2.19 bits per heavy atom. The summed E-state index contributed by atoms with van der Waals surface area (Å²) in [7, 11) is 0. The molecule has 4 heteroatoms. The summed E-state index contributed by atoms with van der Waals surface area (Å²) >= 11 is 0. The van der Waals surface area contributed by atoms with Crippen molar-refractivity contribution in [1.29, 1.82) is 0 Å². The quantitative estimate of drug-likeness (QED) is 0.940. The molecule has 3 rings (SSSR count). The zero-order valence-corrected chi connectivity index (χ0v) is 12.9. The maximum Gasteiger partial charge on any atom is 0.151 e. The first-order chi connectivity index (χ1) is 10.0. The van der Waals surface area contributed by atoms with Crippen molar-refractivity contribution in [1.82, 2.24) is 15.5 Å². The van der Waals surface area contributed by atoms with E-state index in [1.54, 1.807) is 0 Å². The molecule has 0 aliphatic carbocycles. The first-order valence-electron chi connectivity index (χ1n) is 7.41. The van der Waals surface area contributed by atoms with Gasteiger partial charge in [-0.3, -0.25) is 0 Å². The third-order valence-corrected chi connectivity index (χ3v) is 3.67. The van der Waals surface area contributed by atoms with Gasteiger partial charge in [0, 0.05) is 25.2 Å². The highest BCUT2D eigenvalue weighted by atomic mass is 15.3. The predicted molar refractivity (Wildman–Crippen MR) is 85.0 cm³/mol. The van der Waals surface area contributed by atoms with Gasteiger partial charge in [-0.25, -0.2) is 0 Å². The van der Waals surface area contributed by atoms with E-state index < -0.39 is 0 Å². The Kier molecular flexibility index (Phi) is 3.64. The molecule has 0 spiro atoms. The van der Waals surface area contributed by atoms with Crippen molar-refractivity contribution >= 4 is 5.82 Å². The van der Waals surface area contributed by atoms with Crippen LogP contribution in [0, 0.1) is 0 Å². The lowest BCUT2D eigenvalue weighted by Crippen LogP contribution is -2.35. The Morgan fingerprint density at radius 2 is 1.67 bits per heavy atom. The molecule has 0 fully saturated rings. The lowest BCUT2D eigenvalue weighted by atomic mass is 10.1. The average molecular weight is 282 g/mol. The molecule has 21 heavy (non-hydrogen) atoms. The number of hydrogen-bond donors (Lipinski definition) is 1. The van der Waals surface area contributed by atoms with Crippen molar-refractivity contribution < 1.29 is 0 Å².